The topological polar surface area (TPSA) is 88.1 Å². The van der Waals surface area contributed by atoms with Gasteiger partial charge in [-0.2, -0.15) is 5.10 Å². The predicted molar refractivity (Wildman–Crippen MR) is 149 cm³/mol. The highest BCUT2D eigenvalue weighted by Gasteiger charge is 2.27. The van der Waals surface area contributed by atoms with Crippen molar-refractivity contribution < 1.29 is 17.9 Å². The molecular formula is C28H32ClN3O4S. The summed E-state index contributed by atoms with van der Waals surface area (Å²) in [6.07, 6.45) is 7.20. The van der Waals surface area contributed by atoms with Crippen molar-refractivity contribution in [3.63, 3.8) is 0 Å². The Morgan fingerprint density at radius 1 is 0.946 bits per heavy atom. The summed E-state index contributed by atoms with van der Waals surface area (Å²) in [7, 11) is -4.01. The van der Waals surface area contributed by atoms with E-state index in [2.05, 4.69) is 17.5 Å². The number of para-hydroxylation sites is 1. The first kappa shape index (κ1) is 28.2. The van der Waals surface area contributed by atoms with Gasteiger partial charge in [-0.15, -0.1) is 0 Å². The molecule has 3 rings (SSSR count). The van der Waals surface area contributed by atoms with Crippen LogP contribution in [0.2, 0.25) is 5.02 Å². The maximum atomic E-state index is 13.3. The molecule has 0 aliphatic rings. The molecule has 9 heteroatoms. The number of hydrogen-bond acceptors (Lipinski definition) is 5. The number of carbonyl (C=O) groups is 1. The summed E-state index contributed by atoms with van der Waals surface area (Å²) in [4.78, 5) is 12.8. The van der Waals surface area contributed by atoms with Gasteiger partial charge in [0.1, 0.15) is 12.3 Å². The molecule has 7 nitrogen and oxygen atoms in total. The van der Waals surface area contributed by atoms with Crippen molar-refractivity contribution in [3.8, 4) is 5.75 Å². The molecule has 0 fully saturated rings. The highest BCUT2D eigenvalue weighted by molar-refractivity contribution is 7.92. The third-order valence-corrected chi connectivity index (χ3v) is 7.59. The van der Waals surface area contributed by atoms with E-state index < -0.39 is 22.5 Å². The molecule has 0 bridgehead atoms. The lowest BCUT2D eigenvalue weighted by molar-refractivity contribution is -0.119. The average molecular weight is 542 g/mol. The summed E-state index contributed by atoms with van der Waals surface area (Å²) >= 11 is 5.98. The average Bonchev–Trinajstić information content (AvgIpc) is 2.91. The smallest absolute Gasteiger partial charge is 0.264 e. The van der Waals surface area contributed by atoms with Crippen LogP contribution in [0.15, 0.2) is 88.9 Å². The fourth-order valence-electron chi connectivity index (χ4n) is 3.59. The number of nitrogens with one attached hydrogen (secondary N) is 1. The first-order valence-electron chi connectivity index (χ1n) is 12.3. The molecule has 0 saturated heterocycles. The molecule has 0 heterocycles. The van der Waals surface area contributed by atoms with Gasteiger partial charge in [-0.25, -0.2) is 13.8 Å². The molecule has 0 unspecified atom stereocenters. The van der Waals surface area contributed by atoms with Gasteiger partial charge in [-0.1, -0.05) is 74.5 Å². The summed E-state index contributed by atoms with van der Waals surface area (Å²) in [6.45, 7) is 2.32. The second kappa shape index (κ2) is 14.4. The van der Waals surface area contributed by atoms with E-state index in [0.717, 1.165) is 17.1 Å². The lowest BCUT2D eigenvalue weighted by Crippen LogP contribution is -2.39. The molecular weight excluding hydrogens is 510 g/mol. The van der Waals surface area contributed by atoms with E-state index in [9.17, 15) is 13.2 Å². The number of halogens is 1. The van der Waals surface area contributed by atoms with Crippen LogP contribution < -0.4 is 14.5 Å². The number of benzene rings is 3. The van der Waals surface area contributed by atoms with Crippen LogP contribution in [-0.2, 0) is 14.8 Å². The van der Waals surface area contributed by atoms with Crippen LogP contribution >= 0.6 is 11.6 Å². The lowest BCUT2D eigenvalue weighted by atomic mass is 10.2. The minimum absolute atomic E-state index is 0.0713. The standard InChI is InChI=1S/C28H32ClN3O4S/c1-2-3-4-5-11-20-36-27-15-10-9-12-23(27)21-30-31-28(33)22-32(25-18-16-24(29)17-19-25)37(34,35)26-13-7-6-8-14-26/h6-10,12-19,21H,2-5,11,20,22H2,1H3,(H,31,33). The van der Waals surface area contributed by atoms with Crippen molar-refractivity contribution in [3.05, 3.63) is 89.4 Å². The fraction of sp³-hybridized carbons (Fsp3) is 0.286. The number of amides is 1. The second-order valence-electron chi connectivity index (χ2n) is 8.39. The SMILES string of the molecule is CCCCCCCOc1ccccc1C=NNC(=O)CN(c1ccc(Cl)cc1)S(=O)(=O)c1ccccc1. The van der Waals surface area contributed by atoms with Crippen molar-refractivity contribution in [1.82, 2.24) is 5.43 Å². The van der Waals surface area contributed by atoms with Crippen molar-refractivity contribution in [2.45, 2.75) is 43.9 Å². The number of ether oxygens (including phenoxy) is 1. The molecule has 0 saturated carbocycles. The molecule has 0 spiro atoms. The highest BCUT2D eigenvalue weighted by Crippen LogP contribution is 2.25. The van der Waals surface area contributed by atoms with Crippen LogP contribution in [0.3, 0.4) is 0 Å². The molecule has 0 radical (unpaired) electrons. The highest BCUT2D eigenvalue weighted by atomic mass is 35.5. The number of unbranched alkanes of at least 4 members (excludes halogenated alkanes) is 4. The number of hydrogen-bond donors (Lipinski definition) is 1. The maximum absolute atomic E-state index is 13.3. The second-order valence-corrected chi connectivity index (χ2v) is 10.7. The first-order valence-corrected chi connectivity index (χ1v) is 14.1. The molecule has 1 amide bonds. The summed E-state index contributed by atoms with van der Waals surface area (Å²) in [6, 6.07) is 21.6. The van der Waals surface area contributed by atoms with Gasteiger partial charge in [-0.3, -0.25) is 9.10 Å². The quantitative estimate of drug-likeness (QED) is 0.153. The Balaban J connectivity index is 1.67. The van der Waals surface area contributed by atoms with E-state index >= 15 is 0 Å². The van der Waals surface area contributed by atoms with E-state index in [1.807, 2.05) is 24.3 Å². The van der Waals surface area contributed by atoms with E-state index in [1.165, 1.54) is 37.6 Å². The largest absolute Gasteiger partial charge is 0.493 e. The minimum Gasteiger partial charge on any atom is -0.493 e. The van der Waals surface area contributed by atoms with Gasteiger partial charge >= 0.3 is 0 Å². The van der Waals surface area contributed by atoms with Gasteiger partial charge < -0.3 is 4.74 Å². The molecule has 0 aliphatic carbocycles. The number of hydrazone groups is 1. The van der Waals surface area contributed by atoms with Gasteiger partial charge in [-0.05, 0) is 55.0 Å². The Morgan fingerprint density at radius 3 is 2.35 bits per heavy atom. The molecule has 196 valence electrons. The van der Waals surface area contributed by atoms with Crippen LogP contribution in [-0.4, -0.2) is 33.7 Å². The number of nitrogens with zero attached hydrogens (tertiary/aromatic N) is 2. The van der Waals surface area contributed by atoms with Crippen LogP contribution in [0.25, 0.3) is 0 Å². The van der Waals surface area contributed by atoms with Crippen LogP contribution in [0.4, 0.5) is 5.69 Å². The number of rotatable bonds is 14. The van der Waals surface area contributed by atoms with Crippen molar-refractivity contribution in [2.75, 3.05) is 17.5 Å². The molecule has 3 aromatic carbocycles. The van der Waals surface area contributed by atoms with Crippen molar-refractivity contribution in [2.24, 2.45) is 5.10 Å². The van der Waals surface area contributed by atoms with Gasteiger partial charge in [0.05, 0.1) is 23.4 Å². The summed E-state index contributed by atoms with van der Waals surface area (Å²) < 4.78 is 33.6. The maximum Gasteiger partial charge on any atom is 0.264 e. The third kappa shape index (κ3) is 8.61. The van der Waals surface area contributed by atoms with E-state index in [0.29, 0.717) is 28.6 Å². The van der Waals surface area contributed by atoms with Crippen molar-refractivity contribution >= 4 is 39.4 Å². The first-order chi connectivity index (χ1) is 17.9. The molecule has 1 N–H and O–H groups in total. The Kier molecular flexibility index (Phi) is 11.0. The van der Waals surface area contributed by atoms with E-state index in [1.54, 1.807) is 42.5 Å². The summed E-state index contributed by atoms with van der Waals surface area (Å²) in [5.74, 6) is 0.0745. The van der Waals surface area contributed by atoms with Gasteiger partial charge in [0.15, 0.2) is 0 Å². The predicted octanol–water partition coefficient (Wildman–Crippen LogP) is 6.03. The third-order valence-electron chi connectivity index (χ3n) is 5.55. The summed E-state index contributed by atoms with van der Waals surface area (Å²) in [5.41, 5.74) is 3.45. The zero-order valence-corrected chi connectivity index (χ0v) is 22.4. The summed E-state index contributed by atoms with van der Waals surface area (Å²) in [5, 5.41) is 4.49. The van der Waals surface area contributed by atoms with Gasteiger partial charge in [0.2, 0.25) is 0 Å². The normalized spacial score (nSPS) is 11.4. The lowest BCUT2D eigenvalue weighted by Gasteiger charge is -2.23. The van der Waals surface area contributed by atoms with Crippen molar-refractivity contribution in [1.29, 1.82) is 0 Å². The Hall–Kier alpha value is -3.36. The number of anilines is 1. The van der Waals surface area contributed by atoms with Crippen LogP contribution in [0, 0.1) is 0 Å². The molecule has 3 aromatic rings. The van der Waals surface area contributed by atoms with Crippen LogP contribution in [0.1, 0.15) is 44.6 Å². The van der Waals surface area contributed by atoms with Gasteiger partial charge in [0, 0.05) is 10.6 Å². The fourth-order valence-corrected chi connectivity index (χ4v) is 5.16. The minimum atomic E-state index is -4.01. The molecule has 0 atom stereocenters. The Labute approximate surface area is 224 Å². The molecule has 0 aromatic heterocycles. The number of sulfonamides is 1. The Bertz CT molecular complexity index is 1270. The zero-order chi connectivity index (χ0) is 26.5. The van der Waals surface area contributed by atoms with E-state index in [-0.39, 0.29) is 4.90 Å². The van der Waals surface area contributed by atoms with Crippen LogP contribution in [0.5, 0.6) is 5.75 Å². The Morgan fingerprint density at radius 2 is 1.62 bits per heavy atom. The number of carbonyl (C=O) groups excluding carboxylic acids is 1. The van der Waals surface area contributed by atoms with E-state index in [4.69, 9.17) is 16.3 Å². The molecule has 37 heavy (non-hydrogen) atoms. The zero-order valence-electron chi connectivity index (χ0n) is 20.8. The van der Waals surface area contributed by atoms with Gasteiger partial charge in [0.25, 0.3) is 15.9 Å². The molecule has 0 aliphatic heterocycles. The monoisotopic (exact) mass is 541 g/mol.